The van der Waals surface area contributed by atoms with Crippen molar-refractivity contribution < 1.29 is 39.9 Å². The molecule has 0 aliphatic heterocycles. The van der Waals surface area contributed by atoms with Gasteiger partial charge in [0.2, 0.25) is 5.91 Å². The van der Waals surface area contributed by atoms with Crippen LogP contribution in [0.2, 0.25) is 0 Å². The van der Waals surface area contributed by atoms with Crippen molar-refractivity contribution >= 4 is 21.4 Å². The summed E-state index contributed by atoms with van der Waals surface area (Å²) < 4.78 is 85.9. The summed E-state index contributed by atoms with van der Waals surface area (Å²) >= 11 is 0. The van der Waals surface area contributed by atoms with E-state index < -0.39 is 32.0 Å². The number of aryl methyl sites for hydroxylation is 1. The van der Waals surface area contributed by atoms with Crippen LogP contribution in [0.25, 0.3) is 11.3 Å². The Labute approximate surface area is 179 Å². The van der Waals surface area contributed by atoms with Gasteiger partial charge in [-0.05, 0) is 30.3 Å². The molecule has 32 heavy (non-hydrogen) atoms. The zero-order chi connectivity index (χ0) is 23.5. The summed E-state index contributed by atoms with van der Waals surface area (Å²) in [5.41, 5.74) is -5.55. The van der Waals surface area contributed by atoms with Crippen LogP contribution in [0.1, 0.15) is 12.3 Å². The molecule has 3 aromatic rings. The van der Waals surface area contributed by atoms with E-state index in [2.05, 4.69) is 10.3 Å². The number of methoxy groups -OCH3 is 1. The Hall–Kier alpha value is -3.41. The predicted molar refractivity (Wildman–Crippen MR) is 105 cm³/mol. The number of amides is 1. The molecule has 0 saturated carbocycles. The first-order valence-electron chi connectivity index (χ1n) is 9.02. The van der Waals surface area contributed by atoms with Gasteiger partial charge in [-0.2, -0.15) is 13.2 Å². The smallest absolute Gasteiger partial charge is 0.495 e. The van der Waals surface area contributed by atoms with E-state index >= 15 is 0 Å². The van der Waals surface area contributed by atoms with Crippen molar-refractivity contribution in [3.8, 4) is 17.1 Å². The number of alkyl halides is 3. The molecule has 0 fully saturated rings. The molecule has 0 unspecified atom stereocenters. The molecule has 1 heterocycles. The number of nitrogens with zero attached hydrogens (tertiary/aromatic N) is 1. The molecule has 1 amide bonds. The highest BCUT2D eigenvalue weighted by molar-refractivity contribution is 7.92. The second-order valence-electron chi connectivity index (χ2n) is 6.46. The molecular formula is C20H16F4N2O5S. The van der Waals surface area contributed by atoms with Gasteiger partial charge >= 0.3 is 5.51 Å². The first-order valence-corrected chi connectivity index (χ1v) is 10.5. The van der Waals surface area contributed by atoms with Gasteiger partial charge in [-0.25, -0.2) is 17.8 Å². The number of hydrogen-bond acceptors (Lipinski definition) is 6. The number of benzene rings is 2. The summed E-state index contributed by atoms with van der Waals surface area (Å²) in [5, 5.41) is 2.32. The van der Waals surface area contributed by atoms with E-state index in [9.17, 15) is 30.8 Å². The monoisotopic (exact) mass is 472 g/mol. The van der Waals surface area contributed by atoms with E-state index in [1.165, 1.54) is 31.5 Å². The zero-order valence-corrected chi connectivity index (χ0v) is 17.3. The molecular weight excluding hydrogens is 456 g/mol. The molecule has 12 heteroatoms. The van der Waals surface area contributed by atoms with Crippen molar-refractivity contribution in [2.45, 2.75) is 23.2 Å². The number of carbonyl (C=O) groups excluding carboxylic acids is 1. The summed E-state index contributed by atoms with van der Waals surface area (Å²) in [6.45, 7) is 0. The number of anilines is 1. The van der Waals surface area contributed by atoms with Gasteiger partial charge in [0.25, 0.3) is 9.84 Å². The normalized spacial score (nSPS) is 11.9. The van der Waals surface area contributed by atoms with E-state index in [0.717, 1.165) is 12.1 Å². The lowest BCUT2D eigenvalue weighted by molar-refractivity contribution is -0.116. The maximum Gasteiger partial charge on any atom is 0.501 e. The molecule has 1 N–H and O–H groups in total. The quantitative estimate of drug-likeness (QED) is 0.514. The number of aromatic nitrogens is 1. The number of halogens is 4. The van der Waals surface area contributed by atoms with E-state index in [0.29, 0.717) is 6.07 Å². The minimum atomic E-state index is -5.60. The van der Waals surface area contributed by atoms with Crippen molar-refractivity contribution in [3.63, 3.8) is 0 Å². The highest BCUT2D eigenvalue weighted by Crippen LogP contribution is 2.34. The van der Waals surface area contributed by atoms with Crippen molar-refractivity contribution in [3.05, 3.63) is 60.4 Å². The van der Waals surface area contributed by atoms with Crippen LogP contribution in [0.5, 0.6) is 5.75 Å². The van der Waals surface area contributed by atoms with Crippen molar-refractivity contribution in [2.75, 3.05) is 12.4 Å². The molecule has 0 spiro atoms. The van der Waals surface area contributed by atoms with Crippen LogP contribution in [0.4, 0.5) is 23.2 Å². The Kier molecular flexibility index (Phi) is 6.53. The van der Waals surface area contributed by atoms with Gasteiger partial charge in [-0.15, -0.1) is 0 Å². The van der Waals surface area contributed by atoms with Crippen LogP contribution in [0.15, 0.2) is 58.0 Å². The molecule has 3 rings (SSSR count). The number of oxazole rings is 1. The van der Waals surface area contributed by atoms with E-state index in [-0.39, 0.29) is 41.5 Å². The number of hydrogen-bond donors (Lipinski definition) is 1. The average Bonchev–Trinajstić information content (AvgIpc) is 3.20. The third-order valence-corrected chi connectivity index (χ3v) is 5.80. The fourth-order valence-corrected chi connectivity index (χ4v) is 3.52. The van der Waals surface area contributed by atoms with Crippen LogP contribution in [0, 0.1) is 5.82 Å². The number of carbonyl (C=O) groups is 1. The van der Waals surface area contributed by atoms with Crippen LogP contribution < -0.4 is 10.1 Å². The van der Waals surface area contributed by atoms with Crippen LogP contribution in [-0.2, 0) is 21.1 Å². The zero-order valence-electron chi connectivity index (χ0n) is 16.4. The largest absolute Gasteiger partial charge is 0.501 e. The Morgan fingerprint density at radius 3 is 2.56 bits per heavy atom. The number of nitrogens with one attached hydrogen (secondary N) is 1. The molecule has 0 aliphatic carbocycles. The first-order chi connectivity index (χ1) is 15.0. The molecule has 7 nitrogen and oxygen atoms in total. The molecule has 0 bridgehead atoms. The molecule has 1 aromatic heterocycles. The summed E-state index contributed by atoms with van der Waals surface area (Å²) in [5.74, 6) is -0.884. The molecule has 2 aromatic carbocycles. The van der Waals surface area contributed by atoms with E-state index in [1.54, 1.807) is 6.07 Å². The lowest BCUT2D eigenvalue weighted by Gasteiger charge is -2.13. The Balaban J connectivity index is 1.71. The van der Waals surface area contributed by atoms with Crippen LogP contribution >= 0.6 is 0 Å². The number of rotatable bonds is 7. The summed E-state index contributed by atoms with van der Waals surface area (Å²) in [4.78, 5) is 15.2. The van der Waals surface area contributed by atoms with Gasteiger partial charge in [0.15, 0.2) is 11.7 Å². The molecule has 0 radical (unpaired) electrons. The third kappa shape index (κ3) is 4.90. The van der Waals surface area contributed by atoms with Crippen molar-refractivity contribution in [2.24, 2.45) is 0 Å². The standard InChI is InChI=1S/C20H16F4N2O5S/c1-30-16-7-6-12(32(28,29)20(22,23)24)10-15(16)26-18(27)8-9-19-25-11-17(31-19)13-4-2-3-5-14(13)21/h2-7,10-11H,8-9H2,1H3,(H,26,27). The SMILES string of the molecule is COc1ccc(S(=O)(=O)C(F)(F)F)cc1NC(=O)CCc1ncc(-c2ccccc2F)o1. The molecule has 170 valence electrons. The second kappa shape index (κ2) is 8.99. The summed E-state index contributed by atoms with van der Waals surface area (Å²) in [7, 11) is -4.40. The maximum atomic E-state index is 13.8. The van der Waals surface area contributed by atoms with Crippen LogP contribution in [-0.4, -0.2) is 31.9 Å². The second-order valence-corrected chi connectivity index (χ2v) is 8.40. The fraction of sp³-hybridized carbons (Fsp3) is 0.200. The van der Waals surface area contributed by atoms with E-state index in [1.807, 2.05) is 0 Å². The van der Waals surface area contributed by atoms with Gasteiger partial charge in [-0.1, -0.05) is 12.1 Å². The lowest BCUT2D eigenvalue weighted by atomic mass is 10.2. The van der Waals surface area contributed by atoms with Crippen LogP contribution in [0.3, 0.4) is 0 Å². The van der Waals surface area contributed by atoms with E-state index in [4.69, 9.17) is 9.15 Å². The van der Waals surface area contributed by atoms with Gasteiger partial charge in [-0.3, -0.25) is 4.79 Å². The fourth-order valence-electron chi connectivity index (χ4n) is 2.73. The Bertz CT molecular complexity index is 1240. The minimum absolute atomic E-state index is 0.00312. The summed E-state index contributed by atoms with van der Waals surface area (Å²) in [6.07, 6.45) is 1.11. The van der Waals surface area contributed by atoms with Crippen molar-refractivity contribution in [1.29, 1.82) is 0 Å². The minimum Gasteiger partial charge on any atom is -0.495 e. The number of sulfone groups is 1. The topological polar surface area (TPSA) is 98.5 Å². The third-order valence-electron chi connectivity index (χ3n) is 4.32. The molecule has 0 saturated heterocycles. The highest BCUT2D eigenvalue weighted by Gasteiger charge is 2.47. The Morgan fingerprint density at radius 2 is 1.91 bits per heavy atom. The maximum absolute atomic E-state index is 13.8. The van der Waals surface area contributed by atoms with Crippen molar-refractivity contribution in [1.82, 2.24) is 4.98 Å². The van der Waals surface area contributed by atoms with Gasteiger partial charge in [0.1, 0.15) is 11.6 Å². The predicted octanol–water partition coefficient (Wildman–Crippen LogP) is 4.35. The average molecular weight is 472 g/mol. The molecule has 0 atom stereocenters. The molecule has 0 aliphatic rings. The highest BCUT2D eigenvalue weighted by atomic mass is 32.2. The lowest BCUT2D eigenvalue weighted by Crippen LogP contribution is -2.23. The van der Waals surface area contributed by atoms with Gasteiger partial charge in [0.05, 0.1) is 29.5 Å². The Morgan fingerprint density at radius 1 is 1.19 bits per heavy atom. The first kappa shape index (κ1) is 23.3. The van der Waals surface area contributed by atoms with Gasteiger partial charge in [0, 0.05) is 12.8 Å². The number of ether oxygens (including phenoxy) is 1. The summed E-state index contributed by atoms with van der Waals surface area (Å²) in [6, 6.07) is 8.29. The van der Waals surface area contributed by atoms with Gasteiger partial charge < -0.3 is 14.5 Å².